The van der Waals surface area contributed by atoms with Gasteiger partial charge in [-0.25, -0.2) is 14.6 Å². The molecule has 8 heteroatoms. The van der Waals surface area contributed by atoms with Gasteiger partial charge in [0.15, 0.2) is 6.61 Å². The van der Waals surface area contributed by atoms with Gasteiger partial charge in [0.1, 0.15) is 5.75 Å². The topological polar surface area (TPSA) is 109 Å². The summed E-state index contributed by atoms with van der Waals surface area (Å²) in [5, 5.41) is 12.6. The summed E-state index contributed by atoms with van der Waals surface area (Å²) < 4.78 is 5.19. The summed E-state index contributed by atoms with van der Waals surface area (Å²) in [7, 11) is 0. The highest BCUT2D eigenvalue weighted by atomic mass is 16.5. The van der Waals surface area contributed by atoms with Crippen molar-refractivity contribution in [1.29, 1.82) is 0 Å². The van der Waals surface area contributed by atoms with Crippen LogP contribution in [0, 0.1) is 0 Å². The highest BCUT2D eigenvalue weighted by Gasteiger charge is 2.27. The van der Waals surface area contributed by atoms with Crippen LogP contribution in [0.3, 0.4) is 0 Å². The van der Waals surface area contributed by atoms with E-state index in [4.69, 9.17) is 4.74 Å². The number of pyridine rings is 1. The lowest BCUT2D eigenvalue weighted by Crippen LogP contribution is -2.37. The summed E-state index contributed by atoms with van der Waals surface area (Å²) in [6, 6.07) is 14.6. The smallest absolute Gasteiger partial charge is 0.339 e. The fourth-order valence-electron chi connectivity index (χ4n) is 3.12. The van der Waals surface area contributed by atoms with Gasteiger partial charge in [0, 0.05) is 24.0 Å². The third kappa shape index (κ3) is 3.73. The maximum Gasteiger partial charge on any atom is 0.339 e. The zero-order valence-corrected chi connectivity index (χ0v) is 15.3. The number of nitrogens with one attached hydrogen (secondary N) is 1. The van der Waals surface area contributed by atoms with Gasteiger partial charge in [0.05, 0.1) is 16.8 Å². The number of esters is 1. The minimum absolute atomic E-state index is 0.124. The van der Waals surface area contributed by atoms with E-state index >= 15 is 0 Å². The van der Waals surface area contributed by atoms with E-state index < -0.39 is 24.5 Å². The zero-order valence-electron chi connectivity index (χ0n) is 15.3. The van der Waals surface area contributed by atoms with Crippen LogP contribution < -0.4 is 5.32 Å². The first-order valence-electron chi connectivity index (χ1n) is 8.97. The molecule has 1 saturated heterocycles. The first kappa shape index (κ1) is 18.4. The number of hydrogen-bond donors (Lipinski definition) is 2. The Bertz CT molecular complexity index is 1110. The van der Waals surface area contributed by atoms with Crippen LogP contribution >= 0.6 is 0 Å². The molecular weight excluding hydrogens is 374 g/mol. The summed E-state index contributed by atoms with van der Waals surface area (Å²) in [6.07, 6.45) is 0. The van der Waals surface area contributed by atoms with Crippen LogP contribution in [-0.2, 0) is 9.53 Å². The Morgan fingerprint density at radius 2 is 1.90 bits per heavy atom. The number of hydrogen-bond acceptors (Lipinski definition) is 6. The van der Waals surface area contributed by atoms with E-state index in [9.17, 15) is 19.5 Å². The molecule has 0 unspecified atom stereocenters. The molecule has 8 nitrogen and oxygen atoms in total. The lowest BCUT2D eigenvalue weighted by atomic mass is 10.0. The van der Waals surface area contributed by atoms with E-state index in [2.05, 4.69) is 10.3 Å². The summed E-state index contributed by atoms with van der Waals surface area (Å²) in [5.41, 5.74) is 2.10. The fourth-order valence-corrected chi connectivity index (χ4v) is 3.12. The monoisotopic (exact) mass is 391 g/mol. The van der Waals surface area contributed by atoms with E-state index in [0.717, 1.165) is 4.90 Å². The Balaban J connectivity index is 1.63. The second-order valence-corrected chi connectivity index (χ2v) is 6.47. The molecule has 2 heterocycles. The zero-order chi connectivity index (χ0) is 20.4. The van der Waals surface area contributed by atoms with Gasteiger partial charge in [-0.2, -0.15) is 0 Å². The molecule has 3 amide bonds. The van der Waals surface area contributed by atoms with Gasteiger partial charge in [-0.15, -0.1) is 0 Å². The Hall–Kier alpha value is -3.94. The number of carbonyl (C=O) groups excluding carboxylic acids is 3. The Labute approximate surface area is 165 Å². The normalized spacial score (nSPS) is 13.4. The average molecular weight is 391 g/mol. The van der Waals surface area contributed by atoms with Crippen LogP contribution in [0.1, 0.15) is 10.4 Å². The van der Waals surface area contributed by atoms with Crippen molar-refractivity contribution >= 4 is 28.8 Å². The number of aromatic nitrogens is 1. The SMILES string of the molecule is O=C(OCC(=O)N1CCNC1=O)c1cc(-c2ccc(O)cc2)nc2ccccc12. The van der Waals surface area contributed by atoms with Crippen molar-refractivity contribution in [2.45, 2.75) is 0 Å². The van der Waals surface area contributed by atoms with Crippen LogP contribution in [-0.4, -0.2) is 52.6 Å². The third-order valence-corrected chi connectivity index (χ3v) is 4.58. The number of amides is 3. The van der Waals surface area contributed by atoms with Crippen LogP contribution in [0.5, 0.6) is 5.75 Å². The first-order chi connectivity index (χ1) is 14.0. The largest absolute Gasteiger partial charge is 0.508 e. The van der Waals surface area contributed by atoms with Gasteiger partial charge in [-0.1, -0.05) is 18.2 Å². The van der Waals surface area contributed by atoms with Crippen LogP contribution in [0.4, 0.5) is 4.79 Å². The summed E-state index contributed by atoms with van der Waals surface area (Å²) in [4.78, 5) is 42.0. The highest BCUT2D eigenvalue weighted by Crippen LogP contribution is 2.26. The number of para-hydroxylation sites is 1. The molecule has 3 aromatic rings. The molecule has 0 spiro atoms. The van der Waals surface area contributed by atoms with E-state index in [0.29, 0.717) is 28.7 Å². The number of aromatic hydroxyl groups is 1. The molecule has 0 saturated carbocycles. The van der Waals surface area contributed by atoms with Crippen molar-refractivity contribution in [3.8, 4) is 17.0 Å². The van der Waals surface area contributed by atoms with Gasteiger partial charge in [-0.05, 0) is 36.4 Å². The lowest BCUT2D eigenvalue weighted by Gasteiger charge is -2.13. The number of rotatable bonds is 4. The Kier molecular flexibility index (Phi) is 4.82. The van der Waals surface area contributed by atoms with E-state index in [1.165, 1.54) is 12.1 Å². The summed E-state index contributed by atoms with van der Waals surface area (Å²) >= 11 is 0. The van der Waals surface area contributed by atoms with Gasteiger partial charge in [0.2, 0.25) is 0 Å². The van der Waals surface area contributed by atoms with Crippen LogP contribution in [0.2, 0.25) is 0 Å². The van der Waals surface area contributed by atoms with Crippen molar-refractivity contribution < 1.29 is 24.2 Å². The maximum atomic E-state index is 12.7. The van der Waals surface area contributed by atoms with Gasteiger partial charge >= 0.3 is 12.0 Å². The number of benzene rings is 2. The predicted molar refractivity (Wildman–Crippen MR) is 104 cm³/mol. The minimum Gasteiger partial charge on any atom is -0.508 e. The number of carbonyl (C=O) groups is 3. The molecule has 0 aliphatic carbocycles. The molecule has 0 radical (unpaired) electrons. The van der Waals surface area contributed by atoms with Crippen molar-refractivity contribution in [2.75, 3.05) is 19.7 Å². The third-order valence-electron chi connectivity index (χ3n) is 4.58. The standard InChI is InChI=1S/C21H17N3O5/c25-14-7-5-13(6-8-14)18-11-16(15-3-1-2-4-17(15)23-18)20(27)29-12-19(26)24-10-9-22-21(24)28/h1-8,11,25H,9-10,12H2,(H,22,28). The van der Waals surface area contributed by atoms with Crippen molar-refractivity contribution in [1.82, 2.24) is 15.2 Å². The molecule has 146 valence electrons. The number of urea groups is 1. The minimum atomic E-state index is -0.684. The number of ether oxygens (including phenoxy) is 1. The number of fused-ring (bicyclic) bond motifs is 1. The Morgan fingerprint density at radius 1 is 1.14 bits per heavy atom. The number of phenolic OH excluding ortho intramolecular Hbond substituents is 1. The van der Waals surface area contributed by atoms with E-state index in [1.54, 1.807) is 42.5 Å². The molecule has 29 heavy (non-hydrogen) atoms. The highest BCUT2D eigenvalue weighted by molar-refractivity contribution is 6.05. The molecule has 1 aliphatic heterocycles. The number of phenols is 1. The van der Waals surface area contributed by atoms with E-state index in [1.807, 2.05) is 0 Å². The Morgan fingerprint density at radius 3 is 2.62 bits per heavy atom. The molecule has 2 N–H and O–H groups in total. The van der Waals surface area contributed by atoms with Crippen molar-refractivity contribution in [3.05, 3.63) is 60.2 Å². The molecule has 1 aromatic heterocycles. The fraction of sp³-hybridized carbons (Fsp3) is 0.143. The van der Waals surface area contributed by atoms with E-state index in [-0.39, 0.29) is 17.9 Å². The van der Waals surface area contributed by atoms with Gasteiger partial charge < -0.3 is 15.2 Å². The van der Waals surface area contributed by atoms with Crippen LogP contribution in [0.15, 0.2) is 54.6 Å². The number of imide groups is 1. The lowest BCUT2D eigenvalue weighted by molar-refractivity contribution is -0.130. The van der Waals surface area contributed by atoms with Crippen LogP contribution in [0.25, 0.3) is 22.2 Å². The first-order valence-corrected chi connectivity index (χ1v) is 8.97. The molecule has 0 bridgehead atoms. The molecule has 0 atom stereocenters. The van der Waals surface area contributed by atoms with Gasteiger partial charge in [0.25, 0.3) is 5.91 Å². The predicted octanol–water partition coefficient (Wildman–Crippen LogP) is 2.32. The van der Waals surface area contributed by atoms with Gasteiger partial charge in [-0.3, -0.25) is 9.69 Å². The molecule has 1 fully saturated rings. The average Bonchev–Trinajstić information content (AvgIpc) is 3.17. The second kappa shape index (κ2) is 7.59. The molecule has 2 aromatic carbocycles. The second-order valence-electron chi connectivity index (χ2n) is 6.47. The summed E-state index contributed by atoms with van der Waals surface area (Å²) in [6.45, 7) is 0.0966. The van der Waals surface area contributed by atoms with Crippen molar-refractivity contribution in [2.24, 2.45) is 0 Å². The quantitative estimate of drug-likeness (QED) is 0.661. The molecular formula is C21H17N3O5. The van der Waals surface area contributed by atoms with Crippen molar-refractivity contribution in [3.63, 3.8) is 0 Å². The number of nitrogens with zero attached hydrogens (tertiary/aromatic N) is 2. The molecule has 1 aliphatic rings. The maximum absolute atomic E-state index is 12.7. The summed E-state index contributed by atoms with van der Waals surface area (Å²) in [5.74, 6) is -1.14. The molecule has 4 rings (SSSR count).